The molecule has 4 heterocycles. The molecule has 1 aliphatic carbocycles. The van der Waals surface area contributed by atoms with E-state index in [1.54, 1.807) is 18.2 Å². The smallest absolute Gasteiger partial charge is 0.328 e. The van der Waals surface area contributed by atoms with E-state index in [1.807, 2.05) is 41.8 Å². The molecule has 6 rings (SSSR count). The summed E-state index contributed by atoms with van der Waals surface area (Å²) in [5.74, 6) is -0.796. The zero-order chi connectivity index (χ0) is 28.5. The fourth-order valence-electron chi connectivity index (χ4n) is 6.14. The first-order chi connectivity index (χ1) is 20.0. The number of carbonyl (C=O) groups excluding carboxylic acids is 3. The van der Waals surface area contributed by atoms with Gasteiger partial charge in [-0.25, -0.2) is 24.5 Å². The zero-order valence-electron chi connectivity index (χ0n) is 22.9. The fraction of sp³-hybridized carbons (Fsp3) is 0.500. The van der Waals surface area contributed by atoms with Gasteiger partial charge in [-0.05, 0) is 33.1 Å². The highest BCUT2D eigenvalue weighted by Crippen LogP contribution is 2.49. The van der Waals surface area contributed by atoms with Crippen molar-refractivity contribution in [1.82, 2.24) is 29.7 Å². The number of ether oxygens (including phenoxy) is 3. The number of nitrogens with one attached hydrogen (secondary N) is 2. The Morgan fingerprint density at radius 3 is 2.66 bits per heavy atom. The number of hydrogen-bond acceptors (Lipinski definition) is 9. The van der Waals surface area contributed by atoms with Crippen molar-refractivity contribution in [2.75, 3.05) is 25.0 Å². The van der Waals surface area contributed by atoms with Crippen molar-refractivity contribution in [3.8, 4) is 0 Å². The Morgan fingerprint density at radius 1 is 1.07 bits per heavy atom. The van der Waals surface area contributed by atoms with Crippen molar-refractivity contribution in [3.63, 3.8) is 0 Å². The van der Waals surface area contributed by atoms with Crippen molar-refractivity contribution in [2.45, 2.75) is 63.7 Å². The monoisotopic (exact) mass is 563 g/mol. The van der Waals surface area contributed by atoms with Crippen LogP contribution in [0.3, 0.4) is 0 Å². The van der Waals surface area contributed by atoms with Crippen LogP contribution in [0.2, 0.25) is 0 Å². The van der Waals surface area contributed by atoms with Gasteiger partial charge in [-0.2, -0.15) is 0 Å². The second-order valence-corrected chi connectivity index (χ2v) is 10.3. The summed E-state index contributed by atoms with van der Waals surface area (Å²) in [6.45, 7) is 4.79. The number of amides is 3. The third-order valence-corrected chi connectivity index (χ3v) is 7.93. The first-order valence-electron chi connectivity index (χ1n) is 14.1. The highest BCUT2D eigenvalue weighted by atomic mass is 16.7. The highest BCUT2D eigenvalue weighted by molar-refractivity contribution is 5.95. The second kappa shape index (κ2) is 11.4. The van der Waals surface area contributed by atoms with E-state index in [-0.39, 0.29) is 30.3 Å². The van der Waals surface area contributed by atoms with E-state index in [0.29, 0.717) is 37.1 Å². The van der Waals surface area contributed by atoms with Crippen LogP contribution in [-0.4, -0.2) is 80.3 Å². The molecule has 4 unspecified atom stereocenters. The van der Waals surface area contributed by atoms with Gasteiger partial charge in [0.2, 0.25) is 5.91 Å². The molecule has 1 saturated carbocycles. The van der Waals surface area contributed by atoms with E-state index in [4.69, 9.17) is 14.2 Å². The number of likely N-dealkylation sites (tertiary alicyclic amines) is 1. The van der Waals surface area contributed by atoms with Gasteiger partial charge < -0.3 is 29.0 Å². The van der Waals surface area contributed by atoms with Crippen LogP contribution in [0.25, 0.3) is 11.2 Å². The molecule has 6 atom stereocenters. The standard InChI is InChI=1S/C28H33N7O6/c1-3-29-28(38)33-23-20-24(31-14-30-23)35(15-32-20)19-13-17(25(36)34-12-8-11-18(34)26(37)39-4-2)21-22(19)41-27(40-21)16-9-6-5-7-10-16/h5-7,9-10,14-15,17-19,21-22,27H,3-4,8,11-13H2,1-2H3,(H2,29,30,31,33,38)/t17?,18-,19?,21?,22?,27-/m0/s1. The highest BCUT2D eigenvalue weighted by Gasteiger charge is 2.56. The van der Waals surface area contributed by atoms with Gasteiger partial charge in [0.05, 0.1) is 24.9 Å². The Kier molecular flexibility index (Phi) is 7.54. The molecule has 13 heteroatoms. The van der Waals surface area contributed by atoms with Crippen molar-refractivity contribution in [3.05, 3.63) is 48.5 Å². The Labute approximate surface area is 236 Å². The predicted molar refractivity (Wildman–Crippen MR) is 145 cm³/mol. The first-order valence-corrected chi connectivity index (χ1v) is 14.1. The summed E-state index contributed by atoms with van der Waals surface area (Å²) in [6.07, 6.45) is 3.02. The molecule has 41 heavy (non-hydrogen) atoms. The SMILES string of the molecule is CCNC(=O)Nc1ncnc2c1ncn2C1CC(C(=O)N2CCC[C@H]2C(=O)OCC)C2O[C@H](c3ccccc3)OC21. The maximum atomic E-state index is 14.0. The van der Waals surface area contributed by atoms with E-state index < -0.39 is 36.5 Å². The topological polar surface area (TPSA) is 150 Å². The molecule has 13 nitrogen and oxygen atoms in total. The summed E-state index contributed by atoms with van der Waals surface area (Å²) in [7, 11) is 0. The van der Waals surface area contributed by atoms with Gasteiger partial charge in [0.15, 0.2) is 23.3 Å². The zero-order valence-corrected chi connectivity index (χ0v) is 22.9. The fourth-order valence-corrected chi connectivity index (χ4v) is 6.14. The number of esters is 1. The normalized spacial score (nSPS) is 27.1. The lowest BCUT2D eigenvalue weighted by molar-refractivity contribution is -0.156. The summed E-state index contributed by atoms with van der Waals surface area (Å²) < 4.78 is 20.0. The third kappa shape index (κ3) is 4.99. The molecule has 2 aromatic heterocycles. The minimum Gasteiger partial charge on any atom is -0.464 e. The van der Waals surface area contributed by atoms with Gasteiger partial charge in [-0.3, -0.25) is 10.1 Å². The Morgan fingerprint density at radius 2 is 1.88 bits per heavy atom. The van der Waals surface area contributed by atoms with Gasteiger partial charge in [-0.1, -0.05) is 30.3 Å². The Hall–Kier alpha value is -4.10. The average Bonchev–Trinajstić information content (AvgIpc) is 3.77. The van der Waals surface area contributed by atoms with Gasteiger partial charge in [0.25, 0.3) is 0 Å². The minimum atomic E-state index is -0.650. The molecular formula is C28H33N7O6. The molecule has 0 radical (unpaired) electrons. The van der Waals surface area contributed by atoms with Crippen LogP contribution < -0.4 is 10.6 Å². The lowest BCUT2D eigenvalue weighted by Gasteiger charge is -2.28. The number of carbonyl (C=O) groups is 3. The molecule has 2 saturated heterocycles. The molecular weight excluding hydrogens is 530 g/mol. The number of fused-ring (bicyclic) bond motifs is 2. The van der Waals surface area contributed by atoms with Crippen LogP contribution in [0.1, 0.15) is 51.0 Å². The van der Waals surface area contributed by atoms with Gasteiger partial charge >= 0.3 is 12.0 Å². The van der Waals surface area contributed by atoms with Gasteiger partial charge in [0.1, 0.15) is 24.6 Å². The molecule has 1 aromatic carbocycles. The summed E-state index contributed by atoms with van der Waals surface area (Å²) in [4.78, 5) is 53.7. The predicted octanol–water partition coefficient (Wildman–Crippen LogP) is 2.57. The number of aromatic nitrogens is 4. The van der Waals surface area contributed by atoms with Crippen molar-refractivity contribution < 1.29 is 28.6 Å². The first kappa shape index (κ1) is 27.1. The molecule has 0 bridgehead atoms. The summed E-state index contributed by atoms with van der Waals surface area (Å²) in [5.41, 5.74) is 1.77. The Bertz CT molecular complexity index is 1430. The molecule has 3 aromatic rings. The molecule has 3 aliphatic rings. The number of benzene rings is 1. The number of rotatable bonds is 7. The summed E-state index contributed by atoms with van der Waals surface area (Å²) in [5, 5.41) is 5.40. The maximum Gasteiger partial charge on any atom is 0.328 e. The largest absolute Gasteiger partial charge is 0.464 e. The van der Waals surface area contributed by atoms with Crippen LogP contribution in [-0.2, 0) is 23.8 Å². The van der Waals surface area contributed by atoms with Crippen LogP contribution in [0.4, 0.5) is 10.6 Å². The van der Waals surface area contributed by atoms with Crippen LogP contribution >= 0.6 is 0 Å². The Balaban J connectivity index is 1.33. The number of hydrogen-bond donors (Lipinski definition) is 2. The van der Waals surface area contributed by atoms with E-state index in [9.17, 15) is 14.4 Å². The van der Waals surface area contributed by atoms with Crippen molar-refractivity contribution in [2.24, 2.45) is 5.92 Å². The molecule has 3 amide bonds. The van der Waals surface area contributed by atoms with E-state index >= 15 is 0 Å². The van der Waals surface area contributed by atoms with E-state index in [0.717, 1.165) is 12.0 Å². The van der Waals surface area contributed by atoms with Crippen LogP contribution in [0, 0.1) is 5.92 Å². The van der Waals surface area contributed by atoms with E-state index in [1.165, 1.54) is 6.33 Å². The summed E-state index contributed by atoms with van der Waals surface area (Å²) in [6, 6.07) is 8.25. The minimum absolute atomic E-state index is 0.145. The number of imidazole rings is 1. The summed E-state index contributed by atoms with van der Waals surface area (Å²) >= 11 is 0. The molecule has 216 valence electrons. The van der Waals surface area contributed by atoms with Crippen molar-refractivity contribution in [1.29, 1.82) is 0 Å². The van der Waals surface area contributed by atoms with Crippen molar-refractivity contribution >= 4 is 34.9 Å². The molecule has 3 fully saturated rings. The van der Waals surface area contributed by atoms with E-state index in [2.05, 4.69) is 25.6 Å². The average molecular weight is 564 g/mol. The second-order valence-electron chi connectivity index (χ2n) is 10.3. The maximum absolute atomic E-state index is 14.0. The molecule has 0 spiro atoms. The third-order valence-electron chi connectivity index (χ3n) is 7.93. The quantitative estimate of drug-likeness (QED) is 0.414. The van der Waals surface area contributed by atoms with Crippen LogP contribution in [0.5, 0.6) is 0 Å². The van der Waals surface area contributed by atoms with Gasteiger partial charge in [0, 0.05) is 18.7 Å². The number of nitrogens with zero attached hydrogens (tertiary/aromatic N) is 5. The lowest BCUT2D eigenvalue weighted by atomic mass is 10.0. The number of anilines is 1. The number of urea groups is 1. The molecule has 2 N–H and O–H groups in total. The van der Waals surface area contributed by atoms with Crippen LogP contribution in [0.15, 0.2) is 43.0 Å². The molecule has 2 aliphatic heterocycles. The van der Waals surface area contributed by atoms with Gasteiger partial charge in [-0.15, -0.1) is 0 Å². The lowest BCUT2D eigenvalue weighted by Crippen LogP contribution is -2.46.